The van der Waals surface area contributed by atoms with Crippen LogP contribution in [0.25, 0.3) is 5.65 Å². The molecule has 2 aromatic heterocycles. The van der Waals surface area contributed by atoms with Crippen molar-refractivity contribution in [1.82, 2.24) is 25.2 Å². The van der Waals surface area contributed by atoms with Crippen LogP contribution < -0.4 is 24.8 Å². The number of hydrogen-bond donors (Lipinski definition) is 2. The standard InChI is InChI=1S/C20H26N6O3/c1-5-21-20(23-13-17-25-24-16-8-6-7-11-26(16)17)22-12-14-9-10-15(27-2)19(29-4)18(14)28-3/h6-11H,5,12-13H2,1-4H3,(H2,21,22,23). The van der Waals surface area contributed by atoms with Gasteiger partial charge in [-0.1, -0.05) is 6.07 Å². The maximum absolute atomic E-state index is 5.53. The lowest BCUT2D eigenvalue weighted by Gasteiger charge is -2.15. The molecule has 0 atom stereocenters. The normalized spacial score (nSPS) is 11.4. The number of fused-ring (bicyclic) bond motifs is 1. The van der Waals surface area contributed by atoms with Gasteiger partial charge in [0.05, 0.1) is 34.4 Å². The van der Waals surface area contributed by atoms with Crippen molar-refractivity contribution in [3.05, 3.63) is 47.9 Å². The van der Waals surface area contributed by atoms with E-state index in [0.29, 0.717) is 36.3 Å². The minimum atomic E-state index is 0.402. The lowest BCUT2D eigenvalue weighted by molar-refractivity contribution is 0.322. The van der Waals surface area contributed by atoms with Gasteiger partial charge in [-0.25, -0.2) is 4.99 Å². The zero-order valence-electron chi connectivity index (χ0n) is 17.1. The van der Waals surface area contributed by atoms with E-state index in [4.69, 9.17) is 14.2 Å². The van der Waals surface area contributed by atoms with E-state index in [1.54, 1.807) is 21.3 Å². The van der Waals surface area contributed by atoms with Crippen LogP contribution in [0.2, 0.25) is 0 Å². The van der Waals surface area contributed by atoms with Gasteiger partial charge in [0, 0.05) is 18.3 Å². The predicted molar refractivity (Wildman–Crippen MR) is 111 cm³/mol. The van der Waals surface area contributed by atoms with Crippen molar-refractivity contribution >= 4 is 11.6 Å². The fourth-order valence-electron chi connectivity index (χ4n) is 2.97. The second kappa shape index (κ2) is 9.63. The number of methoxy groups -OCH3 is 3. The molecule has 3 rings (SSSR count). The molecule has 0 saturated carbocycles. The Morgan fingerprint density at radius 2 is 1.83 bits per heavy atom. The lowest BCUT2D eigenvalue weighted by atomic mass is 10.1. The summed E-state index contributed by atoms with van der Waals surface area (Å²) in [4.78, 5) is 4.66. The number of nitrogens with one attached hydrogen (secondary N) is 2. The highest BCUT2D eigenvalue weighted by Crippen LogP contribution is 2.39. The quantitative estimate of drug-likeness (QED) is 0.443. The lowest BCUT2D eigenvalue weighted by Crippen LogP contribution is -2.37. The zero-order chi connectivity index (χ0) is 20.6. The molecule has 154 valence electrons. The molecular formula is C20H26N6O3. The third-order valence-corrected chi connectivity index (χ3v) is 4.34. The molecule has 0 amide bonds. The fraction of sp³-hybridized carbons (Fsp3) is 0.350. The monoisotopic (exact) mass is 398 g/mol. The molecule has 9 heteroatoms. The number of hydrogen-bond acceptors (Lipinski definition) is 6. The van der Waals surface area contributed by atoms with Gasteiger partial charge in [0.15, 0.2) is 28.9 Å². The van der Waals surface area contributed by atoms with Gasteiger partial charge in [0.1, 0.15) is 0 Å². The Kier molecular flexibility index (Phi) is 6.72. The van der Waals surface area contributed by atoms with Gasteiger partial charge in [-0.15, -0.1) is 10.2 Å². The van der Waals surface area contributed by atoms with Crippen molar-refractivity contribution in [3.8, 4) is 17.2 Å². The van der Waals surface area contributed by atoms with E-state index in [-0.39, 0.29) is 0 Å². The minimum absolute atomic E-state index is 0.402. The second-order valence-electron chi connectivity index (χ2n) is 6.09. The summed E-state index contributed by atoms with van der Waals surface area (Å²) in [5.74, 6) is 3.23. The van der Waals surface area contributed by atoms with E-state index < -0.39 is 0 Å². The fourth-order valence-corrected chi connectivity index (χ4v) is 2.97. The summed E-state index contributed by atoms with van der Waals surface area (Å²) in [6.07, 6.45) is 1.94. The number of guanidine groups is 1. The number of rotatable bonds is 8. The van der Waals surface area contributed by atoms with Crippen LogP contribution in [0.1, 0.15) is 18.3 Å². The Hall–Kier alpha value is -3.49. The molecule has 1 aromatic carbocycles. The molecule has 0 aliphatic rings. The Balaban J connectivity index is 1.77. The molecule has 0 aliphatic carbocycles. The summed E-state index contributed by atoms with van der Waals surface area (Å²) in [6, 6.07) is 9.55. The summed E-state index contributed by atoms with van der Waals surface area (Å²) >= 11 is 0. The number of aliphatic imine (C=N–C) groups is 1. The summed E-state index contributed by atoms with van der Waals surface area (Å²) in [5, 5.41) is 14.9. The molecular weight excluding hydrogens is 372 g/mol. The number of nitrogens with zero attached hydrogens (tertiary/aromatic N) is 4. The molecule has 0 aliphatic heterocycles. The average molecular weight is 398 g/mol. The predicted octanol–water partition coefficient (Wildman–Crippen LogP) is 2.01. The number of aromatic nitrogens is 3. The van der Waals surface area contributed by atoms with Crippen LogP contribution in [0.15, 0.2) is 41.5 Å². The van der Waals surface area contributed by atoms with E-state index >= 15 is 0 Å². The van der Waals surface area contributed by atoms with E-state index in [1.165, 1.54) is 0 Å². The van der Waals surface area contributed by atoms with E-state index in [2.05, 4.69) is 25.8 Å². The topological polar surface area (TPSA) is 94.3 Å². The van der Waals surface area contributed by atoms with Gasteiger partial charge < -0.3 is 24.8 Å². The third-order valence-electron chi connectivity index (χ3n) is 4.34. The highest BCUT2D eigenvalue weighted by molar-refractivity contribution is 5.79. The van der Waals surface area contributed by atoms with Crippen molar-refractivity contribution in [2.75, 3.05) is 27.9 Å². The van der Waals surface area contributed by atoms with E-state index in [1.807, 2.05) is 47.9 Å². The molecule has 0 fully saturated rings. The van der Waals surface area contributed by atoms with Crippen LogP contribution in [0, 0.1) is 0 Å². The average Bonchev–Trinajstić information content (AvgIpc) is 3.18. The third kappa shape index (κ3) is 4.50. The van der Waals surface area contributed by atoms with Crippen molar-refractivity contribution in [3.63, 3.8) is 0 Å². The summed E-state index contributed by atoms with van der Waals surface area (Å²) in [6.45, 7) is 3.63. The zero-order valence-corrected chi connectivity index (χ0v) is 17.1. The SMILES string of the molecule is CCNC(=NCc1ccc(OC)c(OC)c1OC)NCc1nnc2ccccn12. The molecule has 9 nitrogen and oxygen atoms in total. The number of pyridine rings is 1. The number of benzene rings is 1. The molecule has 0 bridgehead atoms. The van der Waals surface area contributed by atoms with Crippen LogP contribution in [-0.4, -0.2) is 48.4 Å². The van der Waals surface area contributed by atoms with E-state index in [9.17, 15) is 0 Å². The molecule has 2 N–H and O–H groups in total. The van der Waals surface area contributed by atoms with E-state index in [0.717, 1.165) is 23.6 Å². The molecule has 0 saturated heterocycles. The first-order chi connectivity index (χ1) is 14.2. The highest BCUT2D eigenvalue weighted by atomic mass is 16.5. The van der Waals surface area contributed by atoms with Gasteiger partial charge >= 0.3 is 0 Å². The van der Waals surface area contributed by atoms with Crippen LogP contribution in [-0.2, 0) is 13.1 Å². The molecule has 3 aromatic rings. The van der Waals surface area contributed by atoms with Crippen LogP contribution in [0.4, 0.5) is 0 Å². The first-order valence-electron chi connectivity index (χ1n) is 9.30. The molecule has 0 radical (unpaired) electrons. The maximum atomic E-state index is 5.53. The van der Waals surface area contributed by atoms with Crippen LogP contribution in [0.5, 0.6) is 17.2 Å². The van der Waals surface area contributed by atoms with Crippen molar-refractivity contribution < 1.29 is 14.2 Å². The van der Waals surface area contributed by atoms with Crippen molar-refractivity contribution in [1.29, 1.82) is 0 Å². The second-order valence-corrected chi connectivity index (χ2v) is 6.09. The van der Waals surface area contributed by atoms with Gasteiger partial charge in [-0.3, -0.25) is 4.40 Å². The molecule has 0 unspecified atom stereocenters. The summed E-state index contributed by atoms with van der Waals surface area (Å²) in [5.41, 5.74) is 1.69. The summed E-state index contributed by atoms with van der Waals surface area (Å²) in [7, 11) is 4.78. The highest BCUT2D eigenvalue weighted by Gasteiger charge is 2.15. The molecule has 0 spiro atoms. The first kappa shape index (κ1) is 20.2. The van der Waals surface area contributed by atoms with Crippen LogP contribution >= 0.6 is 0 Å². The van der Waals surface area contributed by atoms with Gasteiger partial charge in [0.2, 0.25) is 5.75 Å². The first-order valence-corrected chi connectivity index (χ1v) is 9.30. The Morgan fingerprint density at radius 3 is 2.55 bits per heavy atom. The minimum Gasteiger partial charge on any atom is -0.493 e. The Morgan fingerprint density at radius 1 is 1.00 bits per heavy atom. The largest absolute Gasteiger partial charge is 0.493 e. The van der Waals surface area contributed by atoms with Gasteiger partial charge in [0.25, 0.3) is 0 Å². The molecule has 29 heavy (non-hydrogen) atoms. The van der Waals surface area contributed by atoms with Crippen LogP contribution in [0.3, 0.4) is 0 Å². The number of ether oxygens (including phenoxy) is 3. The van der Waals surface area contributed by atoms with Crippen molar-refractivity contribution in [2.24, 2.45) is 4.99 Å². The molecule has 2 heterocycles. The van der Waals surface area contributed by atoms with Crippen molar-refractivity contribution in [2.45, 2.75) is 20.0 Å². The Labute approximate surface area is 169 Å². The smallest absolute Gasteiger partial charge is 0.203 e. The maximum Gasteiger partial charge on any atom is 0.203 e. The Bertz CT molecular complexity index is 986. The van der Waals surface area contributed by atoms with Gasteiger partial charge in [-0.05, 0) is 31.2 Å². The van der Waals surface area contributed by atoms with Gasteiger partial charge in [-0.2, -0.15) is 0 Å². The summed E-state index contributed by atoms with van der Waals surface area (Å²) < 4.78 is 18.2.